The number of piperidine rings is 1. The number of aromatic nitrogens is 2. The highest BCUT2D eigenvalue weighted by molar-refractivity contribution is 5.96. The highest BCUT2D eigenvalue weighted by atomic mass is 19.4. The monoisotopic (exact) mass is 305 g/mol. The molecule has 1 fully saturated rings. The number of nitrogens with zero attached hydrogens (tertiary/aromatic N) is 3. The molecule has 2 heterocycles. The van der Waals surface area contributed by atoms with E-state index in [4.69, 9.17) is 0 Å². The third kappa shape index (κ3) is 2.64. The summed E-state index contributed by atoms with van der Waals surface area (Å²) >= 11 is 0. The lowest BCUT2D eigenvalue weighted by Gasteiger charge is -2.40. The van der Waals surface area contributed by atoms with Crippen molar-refractivity contribution in [3.63, 3.8) is 0 Å². The summed E-state index contributed by atoms with van der Waals surface area (Å²) in [6.07, 6.45) is -5.02. The molecule has 0 saturated carbocycles. The van der Waals surface area contributed by atoms with Crippen LogP contribution in [0, 0.1) is 13.8 Å². The van der Waals surface area contributed by atoms with Crippen molar-refractivity contribution in [2.45, 2.75) is 38.5 Å². The number of amides is 1. The van der Waals surface area contributed by atoms with E-state index in [9.17, 15) is 23.1 Å². The Balaban J connectivity index is 2.28. The lowest BCUT2D eigenvalue weighted by Crippen LogP contribution is -2.58. The molecular formula is C13H18F3N3O2. The van der Waals surface area contributed by atoms with Crippen LogP contribution in [-0.2, 0) is 7.05 Å². The van der Waals surface area contributed by atoms with Crippen LogP contribution in [0.2, 0.25) is 0 Å². The number of hydrogen-bond acceptors (Lipinski definition) is 3. The number of rotatable bonds is 1. The molecule has 1 amide bonds. The van der Waals surface area contributed by atoms with Crippen LogP contribution in [0.4, 0.5) is 13.2 Å². The summed E-state index contributed by atoms with van der Waals surface area (Å²) < 4.78 is 40.3. The normalized spacial score (nSPS) is 23.5. The quantitative estimate of drug-likeness (QED) is 0.857. The second-order valence-corrected chi connectivity index (χ2v) is 5.53. The van der Waals surface area contributed by atoms with Crippen LogP contribution in [0.25, 0.3) is 0 Å². The van der Waals surface area contributed by atoms with Gasteiger partial charge >= 0.3 is 6.18 Å². The molecule has 1 atom stereocenters. The van der Waals surface area contributed by atoms with Gasteiger partial charge in [-0.25, -0.2) is 0 Å². The van der Waals surface area contributed by atoms with Gasteiger partial charge in [0.2, 0.25) is 0 Å². The SMILES string of the molecule is Cc1nn(C)c(C)c1C(=O)N1CCC[C@](O)(C(F)(F)F)C1. The Labute approximate surface area is 120 Å². The predicted octanol–water partition coefficient (Wildman–Crippen LogP) is 1.57. The third-order valence-electron chi connectivity index (χ3n) is 4.01. The number of carbonyl (C=O) groups excluding carboxylic acids is 1. The number of aliphatic hydroxyl groups is 1. The fourth-order valence-corrected chi connectivity index (χ4v) is 2.68. The first kappa shape index (κ1) is 15.8. The van der Waals surface area contributed by atoms with Crippen molar-refractivity contribution in [3.8, 4) is 0 Å². The second kappa shape index (κ2) is 5.01. The molecule has 1 aliphatic rings. The molecule has 1 aromatic rings. The van der Waals surface area contributed by atoms with Crippen LogP contribution in [0.15, 0.2) is 0 Å². The molecule has 118 valence electrons. The van der Waals surface area contributed by atoms with E-state index in [1.807, 2.05) is 0 Å². The molecule has 0 bridgehead atoms. The van der Waals surface area contributed by atoms with Crippen molar-refractivity contribution in [1.29, 1.82) is 0 Å². The van der Waals surface area contributed by atoms with E-state index in [1.54, 1.807) is 20.9 Å². The number of likely N-dealkylation sites (tertiary alicyclic amines) is 1. The van der Waals surface area contributed by atoms with Gasteiger partial charge in [0, 0.05) is 19.3 Å². The average Bonchev–Trinajstić information content (AvgIpc) is 2.61. The highest BCUT2D eigenvalue weighted by Crippen LogP contribution is 2.37. The number of aryl methyl sites for hydroxylation is 2. The minimum atomic E-state index is -4.75. The van der Waals surface area contributed by atoms with E-state index in [1.165, 1.54) is 4.68 Å². The number of carbonyl (C=O) groups is 1. The Morgan fingerprint density at radius 3 is 2.48 bits per heavy atom. The molecule has 8 heteroatoms. The van der Waals surface area contributed by atoms with Gasteiger partial charge in [-0.1, -0.05) is 0 Å². The van der Waals surface area contributed by atoms with Crippen LogP contribution in [0.5, 0.6) is 0 Å². The van der Waals surface area contributed by atoms with Gasteiger partial charge in [0.25, 0.3) is 5.91 Å². The molecule has 0 aromatic carbocycles. The maximum Gasteiger partial charge on any atom is 0.418 e. The lowest BCUT2D eigenvalue weighted by molar-refractivity contribution is -0.271. The van der Waals surface area contributed by atoms with Crippen molar-refractivity contribution in [2.24, 2.45) is 7.05 Å². The number of alkyl halides is 3. The van der Waals surface area contributed by atoms with E-state index in [0.29, 0.717) is 17.0 Å². The van der Waals surface area contributed by atoms with Crippen LogP contribution < -0.4 is 0 Å². The zero-order valence-corrected chi connectivity index (χ0v) is 12.2. The Hall–Kier alpha value is -1.57. The van der Waals surface area contributed by atoms with Crippen LogP contribution in [-0.4, -0.2) is 50.6 Å². The summed E-state index contributed by atoms with van der Waals surface area (Å²) in [7, 11) is 1.67. The van der Waals surface area contributed by atoms with Gasteiger partial charge in [0.15, 0.2) is 5.60 Å². The van der Waals surface area contributed by atoms with E-state index >= 15 is 0 Å². The second-order valence-electron chi connectivity index (χ2n) is 5.53. The van der Waals surface area contributed by atoms with Gasteiger partial charge in [-0.15, -0.1) is 0 Å². The highest BCUT2D eigenvalue weighted by Gasteiger charge is 2.56. The largest absolute Gasteiger partial charge is 0.418 e. The first-order valence-corrected chi connectivity index (χ1v) is 6.65. The van der Waals surface area contributed by atoms with Crippen molar-refractivity contribution >= 4 is 5.91 Å². The van der Waals surface area contributed by atoms with Crippen molar-refractivity contribution in [3.05, 3.63) is 17.0 Å². The molecule has 1 aliphatic heterocycles. The number of hydrogen-bond donors (Lipinski definition) is 1. The minimum Gasteiger partial charge on any atom is -0.379 e. The van der Waals surface area contributed by atoms with Crippen LogP contribution in [0.1, 0.15) is 34.6 Å². The summed E-state index contributed by atoms with van der Waals surface area (Å²) in [4.78, 5) is 13.5. The topological polar surface area (TPSA) is 58.4 Å². The molecule has 21 heavy (non-hydrogen) atoms. The molecule has 1 aromatic heterocycles. The van der Waals surface area contributed by atoms with Crippen molar-refractivity contribution in [2.75, 3.05) is 13.1 Å². The molecule has 0 aliphatic carbocycles. The molecule has 1 N–H and O–H groups in total. The Morgan fingerprint density at radius 1 is 1.38 bits per heavy atom. The molecule has 0 radical (unpaired) electrons. The Bertz CT molecular complexity index is 568. The fourth-order valence-electron chi connectivity index (χ4n) is 2.68. The number of β-amino-alcohol motifs (C(OH)–C–C–N with tert-alkyl or cyclic N) is 1. The van der Waals surface area contributed by atoms with Gasteiger partial charge in [0.05, 0.1) is 17.8 Å². The standard InChI is InChI=1S/C13H18F3N3O2/c1-8-10(9(2)18(3)17-8)11(20)19-6-4-5-12(21,7-19)13(14,15)16/h21H,4-7H2,1-3H3/t12-/m1/s1. The zero-order valence-electron chi connectivity index (χ0n) is 12.2. The van der Waals surface area contributed by atoms with Gasteiger partial charge in [-0.05, 0) is 26.7 Å². The van der Waals surface area contributed by atoms with Crippen molar-refractivity contribution in [1.82, 2.24) is 14.7 Å². The minimum absolute atomic E-state index is 0.111. The van der Waals surface area contributed by atoms with Crippen molar-refractivity contribution < 1.29 is 23.1 Å². The van der Waals surface area contributed by atoms with Gasteiger partial charge in [-0.2, -0.15) is 18.3 Å². The van der Waals surface area contributed by atoms with E-state index < -0.39 is 24.2 Å². The third-order valence-corrected chi connectivity index (χ3v) is 4.01. The predicted molar refractivity (Wildman–Crippen MR) is 68.8 cm³/mol. The number of halogens is 3. The molecule has 0 unspecified atom stereocenters. The van der Waals surface area contributed by atoms with Gasteiger partial charge in [0.1, 0.15) is 0 Å². The molecule has 2 rings (SSSR count). The first-order valence-electron chi connectivity index (χ1n) is 6.65. The Morgan fingerprint density at radius 2 is 2.00 bits per heavy atom. The first-order chi connectivity index (χ1) is 9.57. The fraction of sp³-hybridized carbons (Fsp3) is 0.692. The van der Waals surface area contributed by atoms with Gasteiger partial charge < -0.3 is 10.0 Å². The van der Waals surface area contributed by atoms with Crippen LogP contribution >= 0.6 is 0 Å². The summed E-state index contributed by atoms with van der Waals surface area (Å²) in [5.41, 5.74) is -1.45. The summed E-state index contributed by atoms with van der Waals surface area (Å²) in [5.74, 6) is -0.513. The average molecular weight is 305 g/mol. The van der Waals surface area contributed by atoms with E-state index in [-0.39, 0.29) is 19.4 Å². The molecule has 1 saturated heterocycles. The maximum absolute atomic E-state index is 12.9. The van der Waals surface area contributed by atoms with Crippen LogP contribution in [0.3, 0.4) is 0 Å². The lowest BCUT2D eigenvalue weighted by atomic mass is 9.91. The smallest absolute Gasteiger partial charge is 0.379 e. The maximum atomic E-state index is 12.9. The summed E-state index contributed by atoms with van der Waals surface area (Å²) in [6.45, 7) is 2.79. The van der Waals surface area contributed by atoms with E-state index in [2.05, 4.69) is 5.10 Å². The molecular weight excluding hydrogens is 287 g/mol. The zero-order chi connectivity index (χ0) is 16.0. The Kier molecular flexibility index (Phi) is 3.77. The molecule has 5 nitrogen and oxygen atoms in total. The van der Waals surface area contributed by atoms with E-state index in [0.717, 1.165) is 4.90 Å². The summed E-state index contributed by atoms with van der Waals surface area (Å²) in [5, 5.41) is 13.9. The summed E-state index contributed by atoms with van der Waals surface area (Å²) in [6, 6.07) is 0. The molecule has 0 spiro atoms. The van der Waals surface area contributed by atoms with Gasteiger partial charge in [-0.3, -0.25) is 9.48 Å².